The number of hydrogen-bond acceptors (Lipinski definition) is 3. The second-order valence-electron chi connectivity index (χ2n) is 4.54. The smallest absolute Gasteiger partial charge is 0.0593 e. The molecule has 0 bridgehead atoms. The van der Waals surface area contributed by atoms with E-state index in [0.717, 1.165) is 44.8 Å². The first-order valence-electron chi connectivity index (χ1n) is 6.85. The van der Waals surface area contributed by atoms with Crippen LogP contribution >= 0.6 is 0 Å². The Bertz CT molecular complexity index is 173. The molecule has 16 heavy (non-hydrogen) atoms. The van der Waals surface area contributed by atoms with Gasteiger partial charge in [-0.3, -0.25) is 4.90 Å². The van der Waals surface area contributed by atoms with Gasteiger partial charge in [-0.2, -0.15) is 0 Å². The molecular weight excluding hydrogens is 200 g/mol. The summed E-state index contributed by atoms with van der Waals surface area (Å²) in [7, 11) is 0. The van der Waals surface area contributed by atoms with Crippen LogP contribution in [0.1, 0.15) is 33.6 Å². The third-order valence-electron chi connectivity index (χ3n) is 3.64. The maximum Gasteiger partial charge on any atom is 0.0593 e. The molecule has 2 unspecified atom stereocenters. The van der Waals surface area contributed by atoms with Crippen LogP contribution in [0.25, 0.3) is 0 Å². The zero-order chi connectivity index (χ0) is 11.8. The molecule has 0 radical (unpaired) electrons. The minimum absolute atomic E-state index is 0.796. The van der Waals surface area contributed by atoms with Crippen molar-refractivity contribution in [3.63, 3.8) is 0 Å². The van der Waals surface area contributed by atoms with Crippen molar-refractivity contribution in [2.75, 3.05) is 39.4 Å². The standard InChI is InChI=1S/C13H28N2O/c1-4-14-11-12-7-8-13(12)15(5-2)9-10-16-6-3/h12-14H,4-11H2,1-3H3. The highest BCUT2D eigenvalue weighted by molar-refractivity contribution is 4.89. The summed E-state index contributed by atoms with van der Waals surface area (Å²) in [6.45, 7) is 12.7. The highest BCUT2D eigenvalue weighted by Crippen LogP contribution is 2.31. The van der Waals surface area contributed by atoms with Crippen LogP contribution in [0.5, 0.6) is 0 Å². The van der Waals surface area contributed by atoms with E-state index in [4.69, 9.17) is 4.74 Å². The van der Waals surface area contributed by atoms with E-state index in [9.17, 15) is 0 Å². The van der Waals surface area contributed by atoms with Crippen molar-refractivity contribution in [3.05, 3.63) is 0 Å². The highest BCUT2D eigenvalue weighted by atomic mass is 16.5. The fraction of sp³-hybridized carbons (Fsp3) is 1.00. The Labute approximate surface area is 101 Å². The van der Waals surface area contributed by atoms with E-state index in [-0.39, 0.29) is 0 Å². The van der Waals surface area contributed by atoms with E-state index in [1.54, 1.807) is 0 Å². The second kappa shape index (κ2) is 8.04. The molecule has 1 fully saturated rings. The van der Waals surface area contributed by atoms with E-state index in [1.807, 2.05) is 0 Å². The van der Waals surface area contributed by atoms with Gasteiger partial charge in [-0.05, 0) is 45.3 Å². The first-order valence-corrected chi connectivity index (χ1v) is 6.85. The van der Waals surface area contributed by atoms with Crippen LogP contribution in [0, 0.1) is 5.92 Å². The molecule has 1 N–H and O–H groups in total. The third kappa shape index (κ3) is 4.04. The van der Waals surface area contributed by atoms with Gasteiger partial charge in [0.25, 0.3) is 0 Å². The van der Waals surface area contributed by atoms with Crippen molar-refractivity contribution >= 4 is 0 Å². The molecule has 0 spiro atoms. The SMILES string of the molecule is CCNCC1CCC1N(CC)CCOCC. The van der Waals surface area contributed by atoms with Gasteiger partial charge in [-0.15, -0.1) is 0 Å². The van der Waals surface area contributed by atoms with E-state index in [1.165, 1.54) is 19.4 Å². The number of hydrogen-bond donors (Lipinski definition) is 1. The Morgan fingerprint density at radius 2 is 2.06 bits per heavy atom. The number of nitrogens with one attached hydrogen (secondary N) is 1. The van der Waals surface area contributed by atoms with E-state index >= 15 is 0 Å². The maximum absolute atomic E-state index is 5.44. The molecule has 3 nitrogen and oxygen atoms in total. The molecule has 0 saturated heterocycles. The molecule has 96 valence electrons. The summed E-state index contributed by atoms with van der Waals surface area (Å²) in [5, 5.41) is 3.47. The number of nitrogens with zero attached hydrogens (tertiary/aromatic N) is 1. The Hall–Kier alpha value is -0.120. The van der Waals surface area contributed by atoms with E-state index in [0.29, 0.717) is 0 Å². The monoisotopic (exact) mass is 228 g/mol. The zero-order valence-electron chi connectivity index (χ0n) is 11.2. The summed E-state index contributed by atoms with van der Waals surface area (Å²) in [6.07, 6.45) is 2.76. The Balaban J connectivity index is 2.23. The second-order valence-corrected chi connectivity index (χ2v) is 4.54. The van der Waals surface area contributed by atoms with Crippen LogP contribution in [-0.4, -0.2) is 50.3 Å². The highest BCUT2D eigenvalue weighted by Gasteiger charge is 2.33. The fourth-order valence-corrected chi connectivity index (χ4v) is 2.48. The summed E-state index contributed by atoms with van der Waals surface area (Å²) in [6, 6.07) is 0.796. The molecule has 1 aliphatic rings. The van der Waals surface area contributed by atoms with Crippen molar-refractivity contribution in [2.45, 2.75) is 39.7 Å². The topological polar surface area (TPSA) is 24.5 Å². The molecule has 2 atom stereocenters. The Morgan fingerprint density at radius 1 is 1.25 bits per heavy atom. The van der Waals surface area contributed by atoms with Crippen LogP contribution in [0.15, 0.2) is 0 Å². The van der Waals surface area contributed by atoms with Gasteiger partial charge >= 0.3 is 0 Å². The normalized spacial score (nSPS) is 24.8. The minimum Gasteiger partial charge on any atom is -0.380 e. The first kappa shape index (κ1) is 13.9. The molecule has 1 saturated carbocycles. The molecule has 1 aliphatic carbocycles. The average Bonchev–Trinajstić information content (AvgIpc) is 2.27. The van der Waals surface area contributed by atoms with Crippen molar-refractivity contribution in [2.24, 2.45) is 5.92 Å². The van der Waals surface area contributed by atoms with E-state index in [2.05, 4.69) is 31.0 Å². The largest absolute Gasteiger partial charge is 0.380 e. The summed E-state index contributed by atoms with van der Waals surface area (Å²) >= 11 is 0. The first-order chi connectivity index (χ1) is 7.83. The van der Waals surface area contributed by atoms with Gasteiger partial charge in [0.15, 0.2) is 0 Å². The van der Waals surface area contributed by atoms with Crippen LogP contribution < -0.4 is 5.32 Å². The summed E-state index contributed by atoms with van der Waals surface area (Å²) in [4.78, 5) is 2.58. The van der Waals surface area contributed by atoms with E-state index < -0.39 is 0 Å². The van der Waals surface area contributed by atoms with Crippen LogP contribution in [0.3, 0.4) is 0 Å². The van der Waals surface area contributed by atoms with Crippen LogP contribution in [-0.2, 0) is 4.74 Å². The summed E-state index contributed by atoms with van der Waals surface area (Å²) in [5.41, 5.74) is 0. The van der Waals surface area contributed by atoms with Gasteiger partial charge in [0, 0.05) is 19.2 Å². The lowest BCUT2D eigenvalue weighted by Gasteiger charge is -2.44. The quantitative estimate of drug-likeness (QED) is 0.608. The van der Waals surface area contributed by atoms with Crippen LogP contribution in [0.2, 0.25) is 0 Å². The van der Waals surface area contributed by atoms with Crippen LogP contribution in [0.4, 0.5) is 0 Å². The lowest BCUT2D eigenvalue weighted by atomic mass is 9.78. The van der Waals surface area contributed by atoms with Gasteiger partial charge < -0.3 is 10.1 Å². The molecule has 0 aromatic heterocycles. The molecule has 0 heterocycles. The summed E-state index contributed by atoms with van der Waals surface area (Å²) < 4.78 is 5.44. The third-order valence-corrected chi connectivity index (χ3v) is 3.64. The molecule has 0 amide bonds. The van der Waals surface area contributed by atoms with Gasteiger partial charge in [0.1, 0.15) is 0 Å². The Kier molecular flexibility index (Phi) is 7.01. The predicted octanol–water partition coefficient (Wildman–Crippen LogP) is 1.73. The fourth-order valence-electron chi connectivity index (χ4n) is 2.48. The van der Waals surface area contributed by atoms with Gasteiger partial charge in [-0.1, -0.05) is 13.8 Å². The van der Waals surface area contributed by atoms with Crippen molar-refractivity contribution < 1.29 is 4.74 Å². The molecule has 0 aromatic carbocycles. The molecule has 0 aliphatic heterocycles. The minimum atomic E-state index is 0.796. The van der Waals surface area contributed by atoms with Crippen molar-refractivity contribution in [1.29, 1.82) is 0 Å². The van der Waals surface area contributed by atoms with Crippen molar-refractivity contribution in [3.8, 4) is 0 Å². The Morgan fingerprint density at radius 3 is 2.56 bits per heavy atom. The van der Waals surface area contributed by atoms with Crippen molar-refractivity contribution in [1.82, 2.24) is 10.2 Å². The average molecular weight is 228 g/mol. The number of likely N-dealkylation sites (N-methyl/N-ethyl adjacent to an activating group) is 1. The zero-order valence-corrected chi connectivity index (χ0v) is 11.2. The molecule has 3 heteroatoms. The molecular formula is C13H28N2O. The summed E-state index contributed by atoms with van der Waals surface area (Å²) in [5.74, 6) is 0.863. The maximum atomic E-state index is 5.44. The predicted molar refractivity (Wildman–Crippen MR) is 68.8 cm³/mol. The lowest BCUT2D eigenvalue weighted by Crippen LogP contribution is -2.51. The van der Waals surface area contributed by atoms with Gasteiger partial charge in [-0.25, -0.2) is 0 Å². The van der Waals surface area contributed by atoms with Gasteiger partial charge in [0.05, 0.1) is 6.61 Å². The number of rotatable bonds is 9. The lowest BCUT2D eigenvalue weighted by molar-refractivity contribution is 0.0359. The van der Waals surface area contributed by atoms with Gasteiger partial charge in [0.2, 0.25) is 0 Å². The molecule has 1 rings (SSSR count). The number of ether oxygens (including phenoxy) is 1. The molecule has 0 aromatic rings.